The van der Waals surface area contributed by atoms with Gasteiger partial charge >= 0.3 is 0 Å². The molecule has 0 bridgehead atoms. The average Bonchev–Trinajstić information content (AvgIpc) is 2.48. The lowest BCUT2D eigenvalue weighted by molar-refractivity contribution is 0.853. The number of aryl methyl sites for hydroxylation is 1. The van der Waals surface area contributed by atoms with Crippen LogP contribution in [0.3, 0.4) is 0 Å². The summed E-state index contributed by atoms with van der Waals surface area (Å²) >= 11 is 6.12. The topological polar surface area (TPSA) is 43.8 Å². The fraction of sp³-hybridized carbons (Fsp3) is 0.250. The summed E-state index contributed by atoms with van der Waals surface area (Å²) in [5.41, 5.74) is 8.91. The van der Waals surface area contributed by atoms with Gasteiger partial charge in [-0.1, -0.05) is 29.8 Å². The lowest BCUT2D eigenvalue weighted by Crippen LogP contribution is -2.02. The number of nitrogen functional groups attached to an aromatic ring is 1. The zero-order chi connectivity index (χ0) is 11.7. The summed E-state index contributed by atoms with van der Waals surface area (Å²) in [5, 5.41) is 0.779. The Labute approximate surface area is 99.9 Å². The maximum Gasteiger partial charge on any atom is 0.200 e. The number of nitrogens with two attached hydrogens (primary N) is 1. The van der Waals surface area contributed by atoms with E-state index >= 15 is 0 Å². The highest BCUT2D eigenvalue weighted by Crippen LogP contribution is 2.21. The summed E-state index contributed by atoms with van der Waals surface area (Å²) in [7, 11) is 1.92. The zero-order valence-electron chi connectivity index (χ0n) is 9.37. The van der Waals surface area contributed by atoms with Crippen molar-refractivity contribution in [2.24, 2.45) is 7.05 Å². The lowest BCUT2D eigenvalue weighted by Gasteiger charge is -2.06. The van der Waals surface area contributed by atoms with E-state index in [9.17, 15) is 0 Å². The normalized spacial score (nSPS) is 10.7. The van der Waals surface area contributed by atoms with Gasteiger partial charge in [0.2, 0.25) is 0 Å². The molecule has 2 rings (SSSR count). The molecule has 0 atom stereocenters. The Balaban J connectivity index is 2.38. The van der Waals surface area contributed by atoms with Crippen LogP contribution in [0.4, 0.5) is 5.95 Å². The fourth-order valence-corrected chi connectivity index (χ4v) is 1.96. The Morgan fingerprint density at radius 2 is 2.06 bits per heavy atom. The van der Waals surface area contributed by atoms with Gasteiger partial charge in [0.1, 0.15) is 0 Å². The van der Waals surface area contributed by atoms with Gasteiger partial charge in [-0.3, -0.25) is 0 Å². The highest BCUT2D eigenvalue weighted by molar-refractivity contribution is 6.31. The Kier molecular flexibility index (Phi) is 2.88. The van der Waals surface area contributed by atoms with E-state index < -0.39 is 0 Å². The minimum Gasteiger partial charge on any atom is -0.369 e. The molecule has 2 N–H and O–H groups in total. The number of hydrogen-bond donors (Lipinski definition) is 1. The van der Waals surface area contributed by atoms with Crippen LogP contribution in [-0.2, 0) is 13.5 Å². The van der Waals surface area contributed by atoms with E-state index in [-0.39, 0.29) is 0 Å². The zero-order valence-corrected chi connectivity index (χ0v) is 10.1. The predicted molar refractivity (Wildman–Crippen MR) is 66.6 cm³/mol. The molecule has 1 heterocycles. The standard InChI is InChI=1S/C12H14ClN3/c1-8-11(16(2)12(14)15-8)7-9-5-3-4-6-10(9)13/h3-6H,7H2,1-2H3,(H2,14,15). The van der Waals surface area contributed by atoms with Crippen LogP contribution in [0.2, 0.25) is 5.02 Å². The molecule has 0 radical (unpaired) electrons. The number of imidazole rings is 1. The second-order valence-electron chi connectivity index (χ2n) is 3.83. The fourth-order valence-electron chi connectivity index (χ4n) is 1.76. The van der Waals surface area contributed by atoms with Crippen molar-refractivity contribution in [2.45, 2.75) is 13.3 Å². The maximum atomic E-state index is 6.12. The van der Waals surface area contributed by atoms with E-state index in [1.54, 1.807) is 0 Å². The first-order valence-corrected chi connectivity index (χ1v) is 5.48. The number of hydrogen-bond acceptors (Lipinski definition) is 2. The van der Waals surface area contributed by atoms with Crippen molar-refractivity contribution in [2.75, 3.05) is 5.73 Å². The van der Waals surface area contributed by atoms with Crippen LogP contribution in [0.15, 0.2) is 24.3 Å². The molecule has 4 heteroatoms. The van der Waals surface area contributed by atoms with Gasteiger partial charge in [-0.2, -0.15) is 0 Å². The van der Waals surface area contributed by atoms with E-state index in [1.165, 1.54) is 0 Å². The molecule has 2 aromatic rings. The molecule has 0 aliphatic heterocycles. The van der Waals surface area contributed by atoms with E-state index in [0.29, 0.717) is 5.95 Å². The lowest BCUT2D eigenvalue weighted by atomic mass is 10.1. The minimum absolute atomic E-state index is 0.541. The van der Waals surface area contributed by atoms with Gasteiger partial charge < -0.3 is 10.3 Å². The van der Waals surface area contributed by atoms with E-state index in [4.69, 9.17) is 17.3 Å². The van der Waals surface area contributed by atoms with Crippen LogP contribution in [0.1, 0.15) is 17.0 Å². The van der Waals surface area contributed by atoms with Gasteiger partial charge in [0, 0.05) is 24.2 Å². The van der Waals surface area contributed by atoms with Crippen molar-refractivity contribution in [3.8, 4) is 0 Å². The van der Waals surface area contributed by atoms with Crippen LogP contribution in [0.25, 0.3) is 0 Å². The average molecular weight is 236 g/mol. The molecule has 0 aliphatic rings. The van der Waals surface area contributed by atoms with Gasteiger partial charge in [0.15, 0.2) is 5.95 Å². The summed E-state index contributed by atoms with van der Waals surface area (Å²) < 4.78 is 1.90. The quantitative estimate of drug-likeness (QED) is 0.870. The summed E-state index contributed by atoms with van der Waals surface area (Å²) in [4.78, 5) is 4.23. The first-order valence-electron chi connectivity index (χ1n) is 5.10. The number of benzene rings is 1. The Bertz CT molecular complexity index is 517. The number of anilines is 1. The highest BCUT2D eigenvalue weighted by Gasteiger charge is 2.10. The summed E-state index contributed by atoms with van der Waals surface area (Å²) in [6.45, 7) is 1.96. The molecule has 3 nitrogen and oxygen atoms in total. The third-order valence-electron chi connectivity index (χ3n) is 2.76. The highest BCUT2D eigenvalue weighted by atomic mass is 35.5. The molecule has 1 aromatic heterocycles. The third kappa shape index (κ3) is 1.91. The Morgan fingerprint density at radius 1 is 1.38 bits per heavy atom. The van der Waals surface area contributed by atoms with Gasteiger partial charge in [-0.15, -0.1) is 0 Å². The number of rotatable bonds is 2. The molecular formula is C12H14ClN3. The summed E-state index contributed by atoms with van der Waals surface area (Å²) in [5.74, 6) is 0.541. The van der Waals surface area contributed by atoms with Gasteiger partial charge in [0.25, 0.3) is 0 Å². The second-order valence-corrected chi connectivity index (χ2v) is 4.24. The van der Waals surface area contributed by atoms with Gasteiger partial charge in [-0.05, 0) is 18.6 Å². The minimum atomic E-state index is 0.541. The summed E-state index contributed by atoms with van der Waals surface area (Å²) in [6, 6.07) is 7.82. The van der Waals surface area contributed by atoms with Crippen LogP contribution in [0, 0.1) is 6.92 Å². The van der Waals surface area contributed by atoms with Crippen LogP contribution in [0.5, 0.6) is 0 Å². The largest absolute Gasteiger partial charge is 0.369 e. The monoisotopic (exact) mass is 235 g/mol. The smallest absolute Gasteiger partial charge is 0.200 e. The summed E-state index contributed by atoms with van der Waals surface area (Å²) in [6.07, 6.45) is 0.756. The number of aromatic nitrogens is 2. The first-order chi connectivity index (χ1) is 7.59. The SMILES string of the molecule is Cc1nc(N)n(C)c1Cc1ccccc1Cl. The first kappa shape index (κ1) is 11.0. The Hall–Kier alpha value is -1.48. The van der Waals surface area contributed by atoms with Gasteiger partial charge in [-0.25, -0.2) is 4.98 Å². The molecule has 0 saturated carbocycles. The van der Waals surface area contributed by atoms with Crippen LogP contribution in [-0.4, -0.2) is 9.55 Å². The Morgan fingerprint density at radius 3 is 2.62 bits per heavy atom. The number of halogens is 1. The van der Waals surface area contributed by atoms with Crippen molar-refractivity contribution in [1.82, 2.24) is 9.55 Å². The maximum absolute atomic E-state index is 6.12. The van der Waals surface area contributed by atoms with E-state index in [1.807, 2.05) is 42.8 Å². The van der Waals surface area contributed by atoms with Crippen molar-refractivity contribution >= 4 is 17.5 Å². The molecule has 0 fully saturated rings. The second kappa shape index (κ2) is 4.18. The third-order valence-corrected chi connectivity index (χ3v) is 3.13. The van der Waals surface area contributed by atoms with E-state index in [0.717, 1.165) is 28.4 Å². The van der Waals surface area contributed by atoms with Gasteiger partial charge in [0.05, 0.1) is 5.69 Å². The van der Waals surface area contributed by atoms with Crippen LogP contribution >= 0.6 is 11.6 Å². The molecular weight excluding hydrogens is 222 g/mol. The van der Waals surface area contributed by atoms with Crippen LogP contribution < -0.4 is 5.73 Å². The molecule has 0 aliphatic carbocycles. The molecule has 0 unspecified atom stereocenters. The van der Waals surface area contributed by atoms with Crippen molar-refractivity contribution < 1.29 is 0 Å². The molecule has 0 amide bonds. The molecule has 16 heavy (non-hydrogen) atoms. The number of nitrogens with zero attached hydrogens (tertiary/aromatic N) is 2. The van der Waals surface area contributed by atoms with Crippen molar-refractivity contribution in [3.63, 3.8) is 0 Å². The molecule has 0 saturated heterocycles. The molecule has 0 spiro atoms. The molecule has 84 valence electrons. The molecule has 1 aromatic carbocycles. The predicted octanol–water partition coefficient (Wildman–Crippen LogP) is 2.55. The van der Waals surface area contributed by atoms with E-state index in [2.05, 4.69) is 4.98 Å². The van der Waals surface area contributed by atoms with Crippen molar-refractivity contribution in [1.29, 1.82) is 0 Å². The van der Waals surface area contributed by atoms with Crippen molar-refractivity contribution in [3.05, 3.63) is 46.2 Å².